The van der Waals surface area contributed by atoms with E-state index in [1.807, 2.05) is 0 Å². The number of carboxylic acids is 1. The number of hydrogen-bond donors (Lipinski definition) is 3. The van der Waals surface area contributed by atoms with Crippen molar-refractivity contribution in [1.29, 1.82) is 0 Å². The van der Waals surface area contributed by atoms with E-state index in [0.717, 1.165) is 0 Å². The van der Waals surface area contributed by atoms with E-state index in [9.17, 15) is 14.4 Å². The van der Waals surface area contributed by atoms with Crippen LogP contribution in [0, 0.1) is 11.8 Å². The Labute approximate surface area is 150 Å². The first-order valence-corrected chi connectivity index (χ1v) is 8.44. The van der Waals surface area contributed by atoms with Crippen LogP contribution in [0.3, 0.4) is 0 Å². The molecule has 0 radical (unpaired) electrons. The lowest BCUT2D eigenvalue weighted by atomic mass is 9.81. The van der Waals surface area contributed by atoms with Crippen LogP contribution in [0.4, 0.5) is 5.69 Å². The summed E-state index contributed by atoms with van der Waals surface area (Å²) in [5.41, 5.74) is 6.55. The van der Waals surface area contributed by atoms with Crippen LogP contribution in [0.2, 0.25) is 0 Å². The number of carboxylic acid groups (broad SMARTS) is 1. The molecule has 0 atom stereocenters. The molecule has 1 aromatic carbocycles. The van der Waals surface area contributed by atoms with Gasteiger partial charge in [-0.3, -0.25) is 14.4 Å². The van der Waals surface area contributed by atoms with Crippen molar-refractivity contribution in [2.45, 2.75) is 25.7 Å². The molecular formula is C18H20N4O4. The van der Waals surface area contributed by atoms with E-state index in [1.54, 1.807) is 30.5 Å². The van der Waals surface area contributed by atoms with Gasteiger partial charge in [-0.25, -0.2) is 4.68 Å². The summed E-state index contributed by atoms with van der Waals surface area (Å²) in [6.45, 7) is 0. The third kappa shape index (κ3) is 3.74. The van der Waals surface area contributed by atoms with Crippen molar-refractivity contribution in [1.82, 2.24) is 9.78 Å². The Bertz CT molecular complexity index is 837. The number of carbonyl (C=O) groups excluding carboxylic acids is 2. The van der Waals surface area contributed by atoms with Gasteiger partial charge in [-0.05, 0) is 43.9 Å². The zero-order chi connectivity index (χ0) is 18.7. The number of amides is 2. The molecule has 8 heteroatoms. The average molecular weight is 356 g/mol. The average Bonchev–Trinajstić information content (AvgIpc) is 3.12. The predicted octanol–water partition coefficient (Wildman–Crippen LogP) is 1.80. The molecule has 136 valence electrons. The van der Waals surface area contributed by atoms with Gasteiger partial charge in [-0.15, -0.1) is 0 Å². The molecule has 3 rings (SSSR count). The second-order valence-electron chi connectivity index (χ2n) is 6.40. The van der Waals surface area contributed by atoms with Gasteiger partial charge in [0, 0.05) is 12.1 Å². The number of primary amides is 1. The van der Waals surface area contributed by atoms with Crippen LogP contribution < -0.4 is 11.1 Å². The number of nitrogens with two attached hydrogens (primary N) is 1. The third-order valence-electron chi connectivity index (χ3n) is 4.70. The zero-order valence-electron chi connectivity index (χ0n) is 14.1. The highest BCUT2D eigenvalue weighted by molar-refractivity contribution is 5.95. The molecule has 0 spiro atoms. The monoisotopic (exact) mass is 356 g/mol. The molecule has 0 saturated heterocycles. The van der Waals surface area contributed by atoms with Crippen LogP contribution in [-0.4, -0.2) is 32.7 Å². The van der Waals surface area contributed by atoms with Crippen molar-refractivity contribution in [3.63, 3.8) is 0 Å². The molecule has 1 aliphatic carbocycles. The molecule has 0 unspecified atom stereocenters. The summed E-state index contributed by atoms with van der Waals surface area (Å²) in [4.78, 5) is 34.8. The number of hydrogen-bond acceptors (Lipinski definition) is 4. The maximum absolute atomic E-state index is 12.6. The maximum atomic E-state index is 12.6. The number of benzene rings is 1. The fraction of sp³-hybridized carbons (Fsp3) is 0.333. The molecule has 0 aliphatic heterocycles. The molecular weight excluding hydrogens is 336 g/mol. The summed E-state index contributed by atoms with van der Waals surface area (Å²) in [5.74, 6) is -2.12. The lowest BCUT2D eigenvalue weighted by Gasteiger charge is -2.25. The largest absolute Gasteiger partial charge is 0.481 e. The highest BCUT2D eigenvalue weighted by Gasteiger charge is 2.30. The molecule has 1 heterocycles. The smallest absolute Gasteiger partial charge is 0.306 e. The van der Waals surface area contributed by atoms with Gasteiger partial charge in [0.25, 0.3) is 5.91 Å². The molecule has 1 fully saturated rings. The Morgan fingerprint density at radius 3 is 2.35 bits per heavy atom. The number of aliphatic carboxylic acids is 1. The summed E-state index contributed by atoms with van der Waals surface area (Å²) >= 11 is 0. The quantitative estimate of drug-likeness (QED) is 0.753. The Balaban J connectivity index is 1.73. The number of carbonyl (C=O) groups is 3. The van der Waals surface area contributed by atoms with Crippen molar-refractivity contribution >= 4 is 23.5 Å². The molecule has 1 aromatic heterocycles. The summed E-state index contributed by atoms with van der Waals surface area (Å²) < 4.78 is 1.48. The molecule has 8 nitrogen and oxygen atoms in total. The second kappa shape index (κ2) is 7.38. The van der Waals surface area contributed by atoms with Crippen molar-refractivity contribution in [3.8, 4) is 5.69 Å². The van der Waals surface area contributed by atoms with Crippen LogP contribution >= 0.6 is 0 Å². The zero-order valence-corrected chi connectivity index (χ0v) is 14.1. The van der Waals surface area contributed by atoms with Crippen molar-refractivity contribution in [3.05, 3.63) is 42.2 Å². The normalized spacial score (nSPS) is 19.7. The molecule has 2 aromatic rings. The predicted molar refractivity (Wildman–Crippen MR) is 93.8 cm³/mol. The molecule has 26 heavy (non-hydrogen) atoms. The first-order chi connectivity index (χ1) is 12.5. The summed E-state index contributed by atoms with van der Waals surface area (Å²) in [5, 5.41) is 16.1. The van der Waals surface area contributed by atoms with E-state index in [0.29, 0.717) is 37.1 Å². The van der Waals surface area contributed by atoms with Gasteiger partial charge in [0.15, 0.2) is 0 Å². The van der Waals surface area contributed by atoms with E-state index in [-0.39, 0.29) is 23.4 Å². The van der Waals surface area contributed by atoms with E-state index in [2.05, 4.69) is 10.4 Å². The van der Waals surface area contributed by atoms with Crippen molar-refractivity contribution in [2.75, 3.05) is 5.32 Å². The SMILES string of the molecule is NC(=O)c1ccn(-c2ccccc2NC(=O)C2CCC(C(=O)O)CC2)n1. The summed E-state index contributed by atoms with van der Waals surface area (Å²) in [6.07, 6.45) is 3.73. The van der Waals surface area contributed by atoms with Gasteiger partial charge in [-0.2, -0.15) is 5.10 Å². The minimum atomic E-state index is -0.793. The highest BCUT2D eigenvalue weighted by Crippen LogP contribution is 2.30. The molecule has 4 N–H and O–H groups in total. The highest BCUT2D eigenvalue weighted by atomic mass is 16.4. The van der Waals surface area contributed by atoms with Crippen LogP contribution in [0.1, 0.15) is 36.2 Å². The number of nitrogens with one attached hydrogen (secondary N) is 1. The van der Waals surface area contributed by atoms with Crippen molar-refractivity contribution < 1.29 is 19.5 Å². The standard InChI is InChI=1S/C18H20N4O4/c19-16(23)14-9-10-22(21-14)15-4-2-1-3-13(15)20-17(24)11-5-7-12(8-6-11)18(25)26/h1-4,9-12H,5-8H2,(H2,19,23)(H,20,24)(H,25,26). The lowest BCUT2D eigenvalue weighted by molar-refractivity contribution is -0.143. The van der Waals surface area contributed by atoms with E-state index in [1.165, 1.54) is 10.7 Å². The number of aromatic nitrogens is 2. The molecule has 2 amide bonds. The fourth-order valence-electron chi connectivity index (χ4n) is 3.21. The molecule has 0 bridgehead atoms. The Kier molecular flexibility index (Phi) is 5.01. The number of rotatable bonds is 5. The second-order valence-corrected chi connectivity index (χ2v) is 6.40. The van der Waals surface area contributed by atoms with Gasteiger partial charge in [0.05, 0.1) is 17.3 Å². The Morgan fingerprint density at radius 2 is 1.73 bits per heavy atom. The van der Waals surface area contributed by atoms with Crippen LogP contribution in [-0.2, 0) is 9.59 Å². The fourth-order valence-corrected chi connectivity index (χ4v) is 3.21. The van der Waals surface area contributed by atoms with E-state index in [4.69, 9.17) is 10.8 Å². The van der Waals surface area contributed by atoms with Crippen molar-refractivity contribution in [2.24, 2.45) is 17.6 Å². The molecule has 1 saturated carbocycles. The van der Waals surface area contributed by atoms with Crippen LogP contribution in [0.25, 0.3) is 5.69 Å². The first-order valence-electron chi connectivity index (χ1n) is 8.44. The van der Waals surface area contributed by atoms with Gasteiger partial charge in [-0.1, -0.05) is 12.1 Å². The summed E-state index contributed by atoms with van der Waals surface area (Å²) in [7, 11) is 0. The molecule has 1 aliphatic rings. The van der Waals surface area contributed by atoms with Gasteiger partial charge < -0.3 is 16.2 Å². The van der Waals surface area contributed by atoms with Gasteiger partial charge in [0.2, 0.25) is 5.91 Å². The topological polar surface area (TPSA) is 127 Å². The van der Waals surface area contributed by atoms with Gasteiger partial charge in [0.1, 0.15) is 5.69 Å². The first kappa shape index (κ1) is 17.7. The Morgan fingerprint density at radius 1 is 1.08 bits per heavy atom. The number of anilines is 1. The minimum Gasteiger partial charge on any atom is -0.481 e. The minimum absolute atomic E-state index is 0.136. The number of para-hydroxylation sites is 2. The summed E-state index contributed by atoms with van der Waals surface area (Å²) in [6, 6.07) is 8.62. The lowest BCUT2D eigenvalue weighted by Crippen LogP contribution is -2.29. The van der Waals surface area contributed by atoms with Gasteiger partial charge >= 0.3 is 5.97 Å². The van der Waals surface area contributed by atoms with Crippen LogP contribution in [0.5, 0.6) is 0 Å². The third-order valence-corrected chi connectivity index (χ3v) is 4.70. The number of nitrogens with zero attached hydrogens (tertiary/aromatic N) is 2. The Hall–Kier alpha value is -3.16. The van der Waals surface area contributed by atoms with E-state index < -0.39 is 11.9 Å². The van der Waals surface area contributed by atoms with Crippen LogP contribution in [0.15, 0.2) is 36.5 Å². The maximum Gasteiger partial charge on any atom is 0.306 e. The van der Waals surface area contributed by atoms with E-state index >= 15 is 0 Å².